The van der Waals surface area contributed by atoms with Gasteiger partial charge in [-0.05, 0) is 12.3 Å². The SMILES string of the molecule is CSCCC(=O)c1c(O)[nH]c2ccccc12. The standard InChI is InChI=1S/C12H13NO2S/c1-16-7-6-10(14)11-8-4-2-3-5-9(8)13-12(11)15/h2-5,13,15H,6-7H2,1H3. The average Bonchev–Trinajstić information content (AvgIpc) is 2.62. The molecule has 2 aromatic rings. The van der Waals surface area contributed by atoms with E-state index in [0.29, 0.717) is 12.0 Å². The number of rotatable bonds is 4. The third-order valence-corrected chi connectivity index (χ3v) is 3.11. The summed E-state index contributed by atoms with van der Waals surface area (Å²) in [6.07, 6.45) is 2.42. The number of carbonyl (C=O) groups is 1. The van der Waals surface area contributed by atoms with Gasteiger partial charge in [0.1, 0.15) is 0 Å². The topological polar surface area (TPSA) is 53.1 Å². The van der Waals surface area contributed by atoms with Crippen molar-refractivity contribution >= 4 is 28.4 Å². The van der Waals surface area contributed by atoms with E-state index in [9.17, 15) is 9.90 Å². The van der Waals surface area contributed by atoms with Gasteiger partial charge in [-0.25, -0.2) is 0 Å². The maximum absolute atomic E-state index is 11.9. The highest BCUT2D eigenvalue weighted by Crippen LogP contribution is 2.28. The molecule has 0 spiro atoms. The molecule has 16 heavy (non-hydrogen) atoms. The first-order valence-electron chi connectivity index (χ1n) is 5.06. The van der Waals surface area contributed by atoms with Crippen molar-refractivity contribution in [3.05, 3.63) is 29.8 Å². The number of aromatic nitrogens is 1. The van der Waals surface area contributed by atoms with Gasteiger partial charge in [0.25, 0.3) is 0 Å². The van der Waals surface area contributed by atoms with Crippen LogP contribution in [0.2, 0.25) is 0 Å². The number of carbonyl (C=O) groups excluding carboxylic acids is 1. The summed E-state index contributed by atoms with van der Waals surface area (Å²) in [6, 6.07) is 7.42. The number of nitrogens with one attached hydrogen (secondary N) is 1. The van der Waals surface area contributed by atoms with Gasteiger partial charge in [0, 0.05) is 23.1 Å². The second-order valence-electron chi connectivity index (χ2n) is 3.56. The minimum atomic E-state index is -0.0210. The van der Waals surface area contributed by atoms with E-state index < -0.39 is 0 Å². The Hall–Kier alpha value is -1.42. The normalized spacial score (nSPS) is 10.8. The van der Waals surface area contributed by atoms with Crippen LogP contribution in [-0.4, -0.2) is 27.9 Å². The lowest BCUT2D eigenvalue weighted by Gasteiger charge is -1.98. The van der Waals surface area contributed by atoms with Gasteiger partial charge >= 0.3 is 0 Å². The maximum Gasteiger partial charge on any atom is 0.200 e. The molecule has 0 saturated heterocycles. The van der Waals surface area contributed by atoms with Gasteiger partial charge in [-0.1, -0.05) is 18.2 Å². The number of aromatic hydroxyl groups is 1. The van der Waals surface area contributed by atoms with Gasteiger partial charge in [-0.3, -0.25) is 4.79 Å². The number of Topliss-reactive ketones (excluding diaryl/α,β-unsaturated/α-hetero) is 1. The van der Waals surface area contributed by atoms with Crippen LogP contribution in [0.15, 0.2) is 24.3 Å². The molecule has 84 valence electrons. The highest BCUT2D eigenvalue weighted by Gasteiger charge is 2.16. The van der Waals surface area contributed by atoms with Crippen molar-refractivity contribution in [1.82, 2.24) is 4.98 Å². The summed E-state index contributed by atoms with van der Waals surface area (Å²) in [4.78, 5) is 14.7. The Morgan fingerprint density at radius 3 is 2.94 bits per heavy atom. The molecular formula is C12H13NO2S. The van der Waals surface area contributed by atoms with Crippen LogP contribution >= 0.6 is 11.8 Å². The van der Waals surface area contributed by atoms with Gasteiger partial charge < -0.3 is 10.1 Å². The highest BCUT2D eigenvalue weighted by atomic mass is 32.2. The molecule has 0 bridgehead atoms. The first kappa shape index (κ1) is 11.1. The number of fused-ring (bicyclic) bond motifs is 1. The number of ketones is 1. The Kier molecular flexibility index (Phi) is 3.19. The quantitative estimate of drug-likeness (QED) is 0.801. The minimum absolute atomic E-state index is 0.00991. The van der Waals surface area contributed by atoms with Crippen LogP contribution in [0, 0.1) is 0 Å². The van der Waals surface area contributed by atoms with Crippen LogP contribution in [-0.2, 0) is 0 Å². The molecule has 2 rings (SSSR count). The fourth-order valence-corrected chi connectivity index (χ4v) is 2.12. The third-order valence-electron chi connectivity index (χ3n) is 2.50. The molecule has 0 radical (unpaired) electrons. The summed E-state index contributed by atoms with van der Waals surface area (Å²) in [5, 5.41) is 10.5. The van der Waals surface area contributed by atoms with E-state index >= 15 is 0 Å². The largest absolute Gasteiger partial charge is 0.494 e. The molecule has 1 aromatic carbocycles. The molecule has 3 nitrogen and oxygen atoms in total. The highest BCUT2D eigenvalue weighted by molar-refractivity contribution is 7.98. The van der Waals surface area contributed by atoms with Gasteiger partial charge in [0.15, 0.2) is 5.78 Å². The molecule has 0 fully saturated rings. The Bertz CT molecular complexity index is 519. The smallest absolute Gasteiger partial charge is 0.200 e. The number of para-hydroxylation sites is 1. The fourth-order valence-electron chi connectivity index (χ4n) is 1.73. The Morgan fingerprint density at radius 1 is 1.44 bits per heavy atom. The number of benzene rings is 1. The van der Waals surface area contributed by atoms with Crippen LogP contribution in [0.5, 0.6) is 5.88 Å². The van der Waals surface area contributed by atoms with E-state index in [1.807, 2.05) is 30.5 Å². The monoisotopic (exact) mass is 235 g/mol. The van der Waals surface area contributed by atoms with Crippen molar-refractivity contribution in [3.8, 4) is 5.88 Å². The second kappa shape index (κ2) is 4.61. The van der Waals surface area contributed by atoms with Gasteiger partial charge in [-0.15, -0.1) is 0 Å². The number of aromatic amines is 1. The first-order valence-corrected chi connectivity index (χ1v) is 6.45. The average molecular weight is 235 g/mol. The lowest BCUT2D eigenvalue weighted by Crippen LogP contribution is -1.99. The predicted octanol–water partition coefficient (Wildman–Crippen LogP) is 2.81. The van der Waals surface area contributed by atoms with E-state index in [1.54, 1.807) is 11.8 Å². The van der Waals surface area contributed by atoms with E-state index in [4.69, 9.17) is 0 Å². The van der Waals surface area contributed by atoms with E-state index in [0.717, 1.165) is 16.7 Å². The van der Waals surface area contributed by atoms with Crippen LogP contribution in [0.3, 0.4) is 0 Å². The third kappa shape index (κ3) is 1.93. The summed E-state index contributed by atoms with van der Waals surface area (Å²) in [7, 11) is 0. The van der Waals surface area contributed by atoms with Crippen molar-refractivity contribution < 1.29 is 9.90 Å². The molecule has 0 saturated carbocycles. The zero-order valence-corrected chi connectivity index (χ0v) is 9.80. The Balaban J connectivity index is 2.43. The Labute approximate surface area is 97.9 Å². The number of hydrogen-bond donors (Lipinski definition) is 2. The van der Waals surface area contributed by atoms with Gasteiger partial charge in [0.2, 0.25) is 5.88 Å². The molecule has 0 amide bonds. The fraction of sp³-hybridized carbons (Fsp3) is 0.250. The number of H-pyrrole nitrogens is 1. The molecule has 0 aliphatic carbocycles. The van der Waals surface area contributed by atoms with Crippen LogP contribution in [0.4, 0.5) is 0 Å². The predicted molar refractivity (Wildman–Crippen MR) is 67.3 cm³/mol. The summed E-state index contributed by atoms with van der Waals surface area (Å²) in [6.45, 7) is 0. The molecule has 2 N–H and O–H groups in total. The second-order valence-corrected chi connectivity index (χ2v) is 4.55. The zero-order valence-electron chi connectivity index (χ0n) is 8.99. The Morgan fingerprint density at radius 2 is 2.19 bits per heavy atom. The summed E-state index contributed by atoms with van der Waals surface area (Å²) in [5.41, 5.74) is 1.22. The molecular weight excluding hydrogens is 222 g/mol. The molecule has 1 heterocycles. The number of thioether (sulfide) groups is 1. The van der Waals surface area contributed by atoms with Crippen LogP contribution < -0.4 is 0 Å². The molecule has 0 atom stereocenters. The maximum atomic E-state index is 11.9. The van der Waals surface area contributed by atoms with Crippen molar-refractivity contribution in [3.63, 3.8) is 0 Å². The van der Waals surface area contributed by atoms with E-state index in [1.165, 1.54) is 0 Å². The van der Waals surface area contributed by atoms with Gasteiger partial charge in [0.05, 0.1) is 5.56 Å². The minimum Gasteiger partial charge on any atom is -0.494 e. The van der Waals surface area contributed by atoms with Crippen molar-refractivity contribution in [2.45, 2.75) is 6.42 Å². The lowest BCUT2D eigenvalue weighted by atomic mass is 10.1. The zero-order chi connectivity index (χ0) is 11.5. The van der Waals surface area contributed by atoms with Crippen LogP contribution in [0.1, 0.15) is 16.8 Å². The van der Waals surface area contributed by atoms with E-state index in [-0.39, 0.29) is 11.7 Å². The first-order chi connectivity index (χ1) is 7.74. The van der Waals surface area contributed by atoms with E-state index in [2.05, 4.69) is 4.98 Å². The summed E-state index contributed by atoms with van der Waals surface area (Å²) in [5.74, 6) is 0.745. The lowest BCUT2D eigenvalue weighted by molar-refractivity contribution is 0.0988. The van der Waals surface area contributed by atoms with Crippen LogP contribution in [0.25, 0.3) is 10.9 Å². The molecule has 0 aliphatic rings. The molecule has 0 unspecified atom stereocenters. The van der Waals surface area contributed by atoms with Gasteiger partial charge in [-0.2, -0.15) is 11.8 Å². The van der Waals surface area contributed by atoms with Crippen molar-refractivity contribution in [1.29, 1.82) is 0 Å². The summed E-state index contributed by atoms with van der Waals surface area (Å²) < 4.78 is 0. The molecule has 0 aliphatic heterocycles. The number of hydrogen-bond acceptors (Lipinski definition) is 3. The van der Waals surface area contributed by atoms with Crippen molar-refractivity contribution in [2.24, 2.45) is 0 Å². The molecule has 4 heteroatoms. The van der Waals surface area contributed by atoms with Crippen molar-refractivity contribution in [2.75, 3.05) is 12.0 Å². The molecule has 1 aromatic heterocycles. The summed E-state index contributed by atoms with van der Waals surface area (Å²) >= 11 is 1.63.